The molecule has 5 nitrogen and oxygen atoms in total. The number of rotatable bonds is 6. The molecule has 2 aromatic rings. The van der Waals surface area contributed by atoms with Gasteiger partial charge in [-0.1, -0.05) is 51.1 Å². The van der Waals surface area contributed by atoms with Crippen LogP contribution in [0.2, 0.25) is 0 Å². The monoisotopic (exact) mass is 424 g/mol. The third-order valence-electron chi connectivity index (χ3n) is 6.37. The van der Waals surface area contributed by atoms with E-state index in [0.717, 1.165) is 24.1 Å². The van der Waals surface area contributed by atoms with Gasteiger partial charge in [0.2, 0.25) is 0 Å². The van der Waals surface area contributed by atoms with E-state index in [2.05, 4.69) is 26.1 Å². The number of aromatic nitrogens is 1. The Balaban J connectivity index is 1.95. The van der Waals surface area contributed by atoms with Crippen LogP contribution in [0.25, 0.3) is 0 Å². The molecule has 2 atom stereocenters. The molecule has 1 aromatic carbocycles. The highest BCUT2D eigenvalue weighted by atomic mass is 16.5. The molecule has 1 N–H and O–H groups in total. The van der Waals surface area contributed by atoms with Crippen molar-refractivity contribution in [2.45, 2.75) is 73.4 Å². The summed E-state index contributed by atoms with van der Waals surface area (Å²) >= 11 is 0. The molecule has 2 unspecified atom stereocenters. The number of esters is 1. The molecule has 1 heterocycles. The Labute approximate surface area is 186 Å². The first-order valence-electron chi connectivity index (χ1n) is 11.3. The maximum absolute atomic E-state index is 13.4. The fourth-order valence-corrected chi connectivity index (χ4v) is 5.37. The lowest BCUT2D eigenvalue weighted by atomic mass is 9.70. The van der Waals surface area contributed by atoms with E-state index in [1.807, 2.05) is 48.7 Å². The van der Waals surface area contributed by atoms with Crippen molar-refractivity contribution >= 4 is 11.9 Å². The van der Waals surface area contributed by atoms with E-state index in [9.17, 15) is 9.59 Å². The number of carbonyl (C=O) groups excluding carboxylic acids is 2. The molecule has 168 valence electrons. The highest BCUT2D eigenvalue weighted by Gasteiger charge is 2.34. The van der Waals surface area contributed by atoms with E-state index in [0.29, 0.717) is 35.9 Å². The normalized spacial score (nSPS) is 20.3. The number of carbonyl (C=O) groups is 2. The second-order valence-electron chi connectivity index (χ2n) is 9.81. The Morgan fingerprint density at radius 3 is 2.45 bits per heavy atom. The molecule has 1 aromatic heterocycles. The minimum Gasteiger partial charge on any atom is -0.461 e. The fraction of sp³-hybridized carbons (Fsp3) is 0.538. The van der Waals surface area contributed by atoms with Gasteiger partial charge in [0.05, 0.1) is 12.2 Å². The van der Waals surface area contributed by atoms with Crippen LogP contribution < -0.4 is 5.32 Å². The van der Waals surface area contributed by atoms with Crippen LogP contribution in [0.3, 0.4) is 0 Å². The van der Waals surface area contributed by atoms with E-state index < -0.39 is 0 Å². The van der Waals surface area contributed by atoms with Crippen LogP contribution in [0.15, 0.2) is 30.3 Å². The van der Waals surface area contributed by atoms with E-state index in [-0.39, 0.29) is 23.3 Å². The summed E-state index contributed by atoms with van der Waals surface area (Å²) in [7, 11) is 0. The number of hydrogen-bond acceptors (Lipinski definition) is 3. The maximum Gasteiger partial charge on any atom is 0.355 e. The predicted octanol–water partition coefficient (Wildman–Crippen LogP) is 5.27. The first-order chi connectivity index (χ1) is 14.6. The molecule has 0 spiro atoms. The molecule has 1 aliphatic carbocycles. The molecule has 0 bridgehead atoms. The van der Waals surface area contributed by atoms with Crippen molar-refractivity contribution in [3.63, 3.8) is 0 Å². The highest BCUT2D eigenvalue weighted by molar-refractivity contribution is 6.01. The van der Waals surface area contributed by atoms with Crippen LogP contribution in [0.4, 0.5) is 0 Å². The molecular weight excluding hydrogens is 388 g/mol. The van der Waals surface area contributed by atoms with Crippen LogP contribution in [-0.4, -0.2) is 29.1 Å². The van der Waals surface area contributed by atoms with Gasteiger partial charge in [-0.15, -0.1) is 0 Å². The van der Waals surface area contributed by atoms with Crippen molar-refractivity contribution in [3.05, 3.63) is 58.4 Å². The van der Waals surface area contributed by atoms with Crippen LogP contribution >= 0.6 is 0 Å². The number of hydrogen-bond donors (Lipinski definition) is 1. The zero-order valence-electron chi connectivity index (χ0n) is 19.7. The van der Waals surface area contributed by atoms with Gasteiger partial charge in [0.15, 0.2) is 0 Å². The molecule has 1 aliphatic rings. The lowest BCUT2D eigenvalue weighted by Crippen LogP contribution is -2.43. The molecule has 0 radical (unpaired) electrons. The molecule has 1 fully saturated rings. The second-order valence-corrected chi connectivity index (χ2v) is 9.81. The average molecular weight is 425 g/mol. The van der Waals surface area contributed by atoms with Crippen LogP contribution in [0.5, 0.6) is 0 Å². The van der Waals surface area contributed by atoms with Gasteiger partial charge < -0.3 is 14.6 Å². The number of nitrogens with zero attached hydrogens (tertiary/aromatic N) is 1. The lowest BCUT2D eigenvalue weighted by molar-refractivity contribution is 0.0513. The maximum atomic E-state index is 13.4. The van der Waals surface area contributed by atoms with Crippen molar-refractivity contribution in [1.82, 2.24) is 9.88 Å². The molecular formula is C26H36N2O3. The molecule has 1 amide bonds. The van der Waals surface area contributed by atoms with Crippen molar-refractivity contribution in [3.8, 4) is 0 Å². The summed E-state index contributed by atoms with van der Waals surface area (Å²) in [5, 5.41) is 3.27. The van der Waals surface area contributed by atoms with Crippen LogP contribution in [0, 0.1) is 25.2 Å². The number of ether oxygens (including phenoxy) is 1. The van der Waals surface area contributed by atoms with E-state index >= 15 is 0 Å². The smallest absolute Gasteiger partial charge is 0.355 e. The summed E-state index contributed by atoms with van der Waals surface area (Å²) in [5.41, 5.74) is 3.83. The number of amides is 1. The summed E-state index contributed by atoms with van der Waals surface area (Å²) in [6.45, 7) is 13.2. The van der Waals surface area contributed by atoms with Gasteiger partial charge in [0.25, 0.3) is 5.91 Å². The zero-order valence-corrected chi connectivity index (χ0v) is 19.7. The van der Waals surface area contributed by atoms with Gasteiger partial charge in [-0.2, -0.15) is 0 Å². The SMILES string of the molecule is CCOC(=O)c1c(C)c(C(=O)NC2CC(C)CC(C)(C)C2)c(C)n1Cc1ccccc1. The van der Waals surface area contributed by atoms with Crippen molar-refractivity contribution in [1.29, 1.82) is 0 Å². The third kappa shape index (κ3) is 5.20. The Morgan fingerprint density at radius 2 is 1.84 bits per heavy atom. The zero-order chi connectivity index (χ0) is 22.8. The van der Waals surface area contributed by atoms with E-state index in [1.165, 1.54) is 6.42 Å². The van der Waals surface area contributed by atoms with Crippen LogP contribution in [0.1, 0.15) is 84.6 Å². The highest BCUT2D eigenvalue weighted by Crippen LogP contribution is 2.38. The molecule has 0 saturated heterocycles. The molecule has 3 rings (SSSR count). The van der Waals surface area contributed by atoms with Crippen molar-refractivity contribution < 1.29 is 14.3 Å². The van der Waals surface area contributed by atoms with Gasteiger partial charge in [0, 0.05) is 18.3 Å². The summed E-state index contributed by atoms with van der Waals surface area (Å²) < 4.78 is 7.26. The Kier molecular flexibility index (Phi) is 6.93. The average Bonchev–Trinajstić information content (AvgIpc) is 2.91. The largest absolute Gasteiger partial charge is 0.461 e. The van der Waals surface area contributed by atoms with Gasteiger partial charge in [-0.05, 0) is 62.5 Å². The Morgan fingerprint density at radius 1 is 1.16 bits per heavy atom. The Hall–Kier alpha value is -2.56. The van der Waals surface area contributed by atoms with Gasteiger partial charge in [0.1, 0.15) is 5.69 Å². The quantitative estimate of drug-likeness (QED) is 0.642. The molecule has 5 heteroatoms. The predicted molar refractivity (Wildman–Crippen MR) is 123 cm³/mol. The Bertz CT molecular complexity index is 943. The van der Waals surface area contributed by atoms with Gasteiger partial charge in [-0.25, -0.2) is 4.79 Å². The van der Waals surface area contributed by atoms with Gasteiger partial charge >= 0.3 is 5.97 Å². The number of benzene rings is 1. The van der Waals surface area contributed by atoms with E-state index in [1.54, 1.807) is 6.92 Å². The summed E-state index contributed by atoms with van der Waals surface area (Å²) in [4.78, 5) is 26.2. The minimum absolute atomic E-state index is 0.0951. The van der Waals surface area contributed by atoms with Crippen molar-refractivity contribution in [2.24, 2.45) is 11.3 Å². The third-order valence-corrected chi connectivity index (χ3v) is 6.37. The number of nitrogens with one attached hydrogen (secondary N) is 1. The first-order valence-corrected chi connectivity index (χ1v) is 11.3. The van der Waals surface area contributed by atoms with Gasteiger partial charge in [-0.3, -0.25) is 4.79 Å². The summed E-state index contributed by atoms with van der Waals surface area (Å²) in [5.74, 6) is 0.0989. The lowest BCUT2D eigenvalue weighted by Gasteiger charge is -2.39. The molecule has 31 heavy (non-hydrogen) atoms. The topological polar surface area (TPSA) is 60.3 Å². The van der Waals surface area contributed by atoms with Crippen LogP contribution in [-0.2, 0) is 11.3 Å². The standard InChI is InChI=1S/C26H36N2O3/c1-7-31-25(30)23-18(3)22(19(4)28(23)16-20-11-9-8-10-12-20)24(29)27-21-13-17(2)14-26(5,6)15-21/h8-12,17,21H,7,13-16H2,1-6H3,(H,27,29). The molecule has 0 aliphatic heterocycles. The second kappa shape index (κ2) is 9.29. The minimum atomic E-state index is -0.384. The fourth-order valence-electron chi connectivity index (χ4n) is 5.37. The molecule has 1 saturated carbocycles. The summed E-state index contributed by atoms with van der Waals surface area (Å²) in [6.07, 6.45) is 3.14. The first kappa shape index (κ1) is 23.1. The summed E-state index contributed by atoms with van der Waals surface area (Å²) in [6, 6.07) is 10.1. The van der Waals surface area contributed by atoms with E-state index in [4.69, 9.17) is 4.74 Å². The van der Waals surface area contributed by atoms with Crippen molar-refractivity contribution in [2.75, 3.05) is 6.61 Å².